The van der Waals surface area contributed by atoms with Gasteiger partial charge in [0.2, 0.25) is 5.91 Å². The van der Waals surface area contributed by atoms with E-state index in [1.54, 1.807) is 6.07 Å². The lowest BCUT2D eigenvalue weighted by Crippen LogP contribution is -2.49. The number of hydrogen-bond acceptors (Lipinski definition) is 8. The highest BCUT2D eigenvalue weighted by Gasteiger charge is 2.32. The third kappa shape index (κ3) is 5.06. The van der Waals surface area contributed by atoms with Crippen LogP contribution in [-0.2, 0) is 17.8 Å². The van der Waals surface area contributed by atoms with Crippen LogP contribution >= 0.6 is 0 Å². The normalized spacial score (nSPS) is 20.4. The van der Waals surface area contributed by atoms with E-state index in [0.29, 0.717) is 44.8 Å². The summed E-state index contributed by atoms with van der Waals surface area (Å²) in [6.07, 6.45) is 4.41. The molecule has 0 spiro atoms. The lowest BCUT2D eigenvalue weighted by Gasteiger charge is -2.38. The average Bonchev–Trinajstić information content (AvgIpc) is 3.41. The first-order valence-electron chi connectivity index (χ1n) is 14.3. The molecule has 0 aliphatic carbocycles. The Labute approximate surface area is 235 Å². The fourth-order valence-corrected chi connectivity index (χ4v) is 6.49. The van der Waals surface area contributed by atoms with E-state index in [4.69, 9.17) is 14.7 Å². The molecule has 3 aliphatic heterocycles. The van der Waals surface area contributed by atoms with E-state index < -0.39 is 0 Å². The van der Waals surface area contributed by atoms with E-state index in [1.807, 2.05) is 29.2 Å². The number of benzene rings is 2. The molecule has 2 saturated heterocycles. The van der Waals surface area contributed by atoms with Crippen molar-refractivity contribution in [1.29, 1.82) is 0 Å². The minimum Gasteiger partial charge on any atom is -0.508 e. The minimum atomic E-state index is -0.0323. The first-order valence-corrected chi connectivity index (χ1v) is 14.3. The number of ether oxygens (including phenoxy) is 1. The van der Waals surface area contributed by atoms with Crippen LogP contribution in [-0.4, -0.2) is 89.2 Å². The molecule has 9 heteroatoms. The smallest absolute Gasteiger partial charge is 0.318 e. The standard InChI is InChI=1S/C31H38N6O3/c1-4-29(39)35-14-16-36(17-15-35)30-25-11-13-37(28-19-23(38)18-22-8-5-6-9-24(22)28)20-26(25)32-31(33-30)40-21(2)27-10-7-12-34(27)3/h4-6,8-9,18-19,21,27,38H,1,7,10-17,20H2,2-3H3/t21-,27+/m1/s1. The van der Waals surface area contributed by atoms with Crippen molar-refractivity contribution in [3.63, 3.8) is 0 Å². The van der Waals surface area contributed by atoms with Crippen LogP contribution in [0.4, 0.5) is 11.5 Å². The highest BCUT2D eigenvalue weighted by molar-refractivity contribution is 5.95. The Morgan fingerprint density at radius 1 is 1.10 bits per heavy atom. The van der Waals surface area contributed by atoms with Crippen molar-refractivity contribution < 1.29 is 14.6 Å². The zero-order valence-electron chi connectivity index (χ0n) is 23.4. The summed E-state index contributed by atoms with van der Waals surface area (Å²) in [5.74, 6) is 1.14. The van der Waals surface area contributed by atoms with Crippen LogP contribution in [0.1, 0.15) is 31.0 Å². The van der Waals surface area contributed by atoms with Gasteiger partial charge in [0, 0.05) is 61.5 Å². The maximum Gasteiger partial charge on any atom is 0.318 e. The molecule has 3 aliphatic rings. The van der Waals surface area contributed by atoms with Crippen molar-refractivity contribution >= 4 is 28.2 Å². The molecule has 1 aromatic heterocycles. The molecule has 0 radical (unpaired) electrons. The summed E-state index contributed by atoms with van der Waals surface area (Å²) < 4.78 is 6.45. The Bertz CT molecular complexity index is 1420. The number of hydrogen-bond donors (Lipinski definition) is 1. The molecule has 210 valence electrons. The van der Waals surface area contributed by atoms with Gasteiger partial charge < -0.3 is 24.5 Å². The molecule has 6 rings (SSSR count). The van der Waals surface area contributed by atoms with Crippen LogP contribution < -0.4 is 14.5 Å². The molecular formula is C31H38N6O3. The van der Waals surface area contributed by atoms with Crippen molar-refractivity contribution in [2.45, 2.75) is 44.9 Å². The molecule has 1 N–H and O–H groups in total. The molecule has 0 saturated carbocycles. The van der Waals surface area contributed by atoms with Gasteiger partial charge in [0.15, 0.2) is 0 Å². The summed E-state index contributed by atoms with van der Waals surface area (Å²) in [5.41, 5.74) is 3.10. The van der Waals surface area contributed by atoms with E-state index in [2.05, 4.69) is 41.3 Å². The van der Waals surface area contributed by atoms with Gasteiger partial charge in [-0.15, -0.1) is 0 Å². The monoisotopic (exact) mass is 542 g/mol. The lowest BCUT2D eigenvalue weighted by atomic mass is 10.0. The molecule has 1 amide bonds. The van der Waals surface area contributed by atoms with E-state index in [0.717, 1.165) is 59.5 Å². The first kappa shape index (κ1) is 26.4. The fourth-order valence-electron chi connectivity index (χ4n) is 6.49. The predicted octanol–water partition coefficient (Wildman–Crippen LogP) is 3.59. The number of likely N-dealkylation sites (N-methyl/N-ethyl adjacent to an activating group) is 1. The van der Waals surface area contributed by atoms with Gasteiger partial charge in [0.05, 0.1) is 12.2 Å². The van der Waals surface area contributed by atoms with E-state index in [1.165, 1.54) is 12.5 Å². The number of carbonyl (C=O) groups is 1. The van der Waals surface area contributed by atoms with E-state index >= 15 is 0 Å². The molecule has 3 aromatic rings. The molecule has 0 unspecified atom stereocenters. The number of carbonyl (C=O) groups excluding carboxylic acids is 1. The number of amides is 1. The Kier molecular flexibility index (Phi) is 7.23. The quantitative estimate of drug-likeness (QED) is 0.473. The van der Waals surface area contributed by atoms with Crippen LogP contribution in [0.15, 0.2) is 49.1 Å². The van der Waals surface area contributed by atoms with Crippen molar-refractivity contribution in [3.8, 4) is 11.8 Å². The van der Waals surface area contributed by atoms with Gasteiger partial charge in [0.25, 0.3) is 0 Å². The number of phenolic OH excluding ortho intramolecular Hbond substituents is 1. The van der Waals surface area contributed by atoms with E-state index in [-0.39, 0.29) is 17.8 Å². The second-order valence-corrected chi connectivity index (χ2v) is 11.1. The van der Waals surface area contributed by atoms with Gasteiger partial charge in [-0.3, -0.25) is 9.69 Å². The Balaban J connectivity index is 1.33. The Morgan fingerprint density at radius 3 is 2.65 bits per heavy atom. The average molecular weight is 543 g/mol. The number of phenols is 1. The van der Waals surface area contributed by atoms with Gasteiger partial charge in [-0.2, -0.15) is 9.97 Å². The highest BCUT2D eigenvalue weighted by Crippen LogP contribution is 2.36. The molecule has 2 atom stereocenters. The number of anilines is 2. The summed E-state index contributed by atoms with van der Waals surface area (Å²) in [5, 5.41) is 12.6. The fraction of sp³-hybridized carbons (Fsp3) is 0.452. The van der Waals surface area contributed by atoms with Crippen molar-refractivity contribution in [3.05, 3.63) is 60.3 Å². The maximum atomic E-state index is 12.2. The number of piperazine rings is 1. The van der Waals surface area contributed by atoms with Crippen molar-refractivity contribution in [2.75, 3.05) is 56.1 Å². The zero-order valence-corrected chi connectivity index (χ0v) is 23.4. The van der Waals surface area contributed by atoms with Gasteiger partial charge in [-0.1, -0.05) is 30.8 Å². The highest BCUT2D eigenvalue weighted by atomic mass is 16.5. The number of aromatic nitrogens is 2. The maximum absolute atomic E-state index is 12.2. The molecule has 9 nitrogen and oxygen atoms in total. The molecule has 40 heavy (non-hydrogen) atoms. The van der Waals surface area contributed by atoms with Crippen LogP contribution in [0.5, 0.6) is 11.8 Å². The molecule has 2 aromatic carbocycles. The molecule has 2 fully saturated rings. The number of nitrogens with zero attached hydrogens (tertiary/aromatic N) is 6. The lowest BCUT2D eigenvalue weighted by molar-refractivity contribution is -0.126. The Morgan fingerprint density at radius 2 is 1.90 bits per heavy atom. The summed E-state index contributed by atoms with van der Waals surface area (Å²) >= 11 is 0. The van der Waals surface area contributed by atoms with Crippen LogP contribution in [0.25, 0.3) is 10.8 Å². The van der Waals surface area contributed by atoms with Crippen LogP contribution in [0.3, 0.4) is 0 Å². The van der Waals surface area contributed by atoms with Gasteiger partial charge in [-0.25, -0.2) is 0 Å². The number of aromatic hydroxyl groups is 1. The second kappa shape index (κ2) is 11.0. The third-order valence-electron chi connectivity index (χ3n) is 8.66. The molecule has 4 heterocycles. The van der Waals surface area contributed by atoms with Gasteiger partial charge in [-0.05, 0) is 57.3 Å². The first-order chi connectivity index (χ1) is 19.4. The molecule has 0 bridgehead atoms. The Hall–Kier alpha value is -3.85. The van der Waals surface area contributed by atoms with Crippen LogP contribution in [0.2, 0.25) is 0 Å². The van der Waals surface area contributed by atoms with Gasteiger partial charge >= 0.3 is 6.01 Å². The second-order valence-electron chi connectivity index (χ2n) is 11.1. The third-order valence-corrected chi connectivity index (χ3v) is 8.66. The largest absolute Gasteiger partial charge is 0.508 e. The summed E-state index contributed by atoms with van der Waals surface area (Å²) in [6, 6.07) is 12.6. The number of fused-ring (bicyclic) bond motifs is 2. The number of likely N-dealkylation sites (tertiary alicyclic amines) is 1. The number of rotatable bonds is 6. The summed E-state index contributed by atoms with van der Waals surface area (Å²) in [6.45, 7) is 10.9. The molecular weight excluding hydrogens is 504 g/mol. The SMILES string of the molecule is C=CC(=O)N1CCN(c2nc(O[C@H](C)[C@@H]3CCCN3C)nc3c2CCN(c2cc(O)cc4ccccc24)C3)CC1. The summed E-state index contributed by atoms with van der Waals surface area (Å²) in [4.78, 5) is 30.9. The van der Waals surface area contributed by atoms with Gasteiger partial charge in [0.1, 0.15) is 17.7 Å². The summed E-state index contributed by atoms with van der Waals surface area (Å²) in [7, 11) is 2.15. The minimum absolute atomic E-state index is 0.0307. The zero-order chi connectivity index (χ0) is 27.8. The van der Waals surface area contributed by atoms with E-state index in [9.17, 15) is 9.90 Å². The van der Waals surface area contributed by atoms with Crippen LogP contribution in [0, 0.1) is 0 Å². The topological polar surface area (TPSA) is 85.3 Å². The van der Waals surface area contributed by atoms with Crippen molar-refractivity contribution in [1.82, 2.24) is 19.8 Å². The van der Waals surface area contributed by atoms with Crippen molar-refractivity contribution in [2.24, 2.45) is 0 Å². The predicted molar refractivity (Wildman–Crippen MR) is 157 cm³/mol.